The fourth-order valence-corrected chi connectivity index (χ4v) is 4.21. The molecule has 0 aliphatic rings. The first kappa shape index (κ1) is 17.6. The van der Waals surface area contributed by atoms with Gasteiger partial charge in [0.25, 0.3) is 5.91 Å². The van der Waals surface area contributed by atoms with E-state index in [1.54, 1.807) is 17.4 Å². The van der Waals surface area contributed by atoms with Gasteiger partial charge in [0.15, 0.2) is 4.80 Å². The number of benzene rings is 1. The van der Waals surface area contributed by atoms with E-state index in [0.717, 1.165) is 38.6 Å². The van der Waals surface area contributed by atoms with E-state index in [4.69, 9.17) is 4.74 Å². The van der Waals surface area contributed by atoms with E-state index in [2.05, 4.69) is 16.5 Å². The van der Waals surface area contributed by atoms with Crippen LogP contribution in [0.15, 0.2) is 46.8 Å². The Balaban J connectivity index is 1.98. The Bertz CT molecular complexity index is 950. The standard InChI is InChI=1S/C19H20N2O2S2/c1-3-11-21-16-9-7-14(23-4-2)13-17(16)25-19(21)20-18(22)10-8-15-6-5-12-24-15/h5-10,12-13H,3-4,11H2,1-2H3/b10-8+,20-19?. The summed E-state index contributed by atoms with van der Waals surface area (Å²) >= 11 is 3.12. The lowest BCUT2D eigenvalue weighted by molar-refractivity contribution is -0.113. The average Bonchev–Trinajstić information content (AvgIpc) is 3.22. The maximum Gasteiger partial charge on any atom is 0.272 e. The molecule has 2 aromatic heterocycles. The lowest BCUT2D eigenvalue weighted by atomic mass is 10.3. The Morgan fingerprint density at radius 1 is 1.32 bits per heavy atom. The minimum absolute atomic E-state index is 0.241. The highest BCUT2D eigenvalue weighted by atomic mass is 32.1. The Kier molecular flexibility index (Phi) is 5.83. The molecule has 0 atom stereocenters. The third kappa shape index (κ3) is 4.27. The zero-order valence-electron chi connectivity index (χ0n) is 14.3. The summed E-state index contributed by atoms with van der Waals surface area (Å²) in [6.45, 7) is 5.55. The van der Waals surface area contributed by atoms with Gasteiger partial charge in [-0.25, -0.2) is 0 Å². The quantitative estimate of drug-likeness (QED) is 0.588. The molecular formula is C19H20N2O2S2. The Morgan fingerprint density at radius 2 is 2.20 bits per heavy atom. The van der Waals surface area contributed by atoms with E-state index < -0.39 is 0 Å². The monoisotopic (exact) mass is 372 g/mol. The minimum Gasteiger partial charge on any atom is -0.494 e. The predicted molar refractivity (Wildman–Crippen MR) is 105 cm³/mol. The molecule has 0 aliphatic carbocycles. The van der Waals surface area contributed by atoms with Gasteiger partial charge >= 0.3 is 0 Å². The summed E-state index contributed by atoms with van der Waals surface area (Å²) < 4.78 is 8.75. The molecule has 0 spiro atoms. The van der Waals surface area contributed by atoms with Crippen molar-refractivity contribution in [2.45, 2.75) is 26.8 Å². The van der Waals surface area contributed by atoms with E-state index in [1.807, 2.05) is 42.6 Å². The van der Waals surface area contributed by atoms with Crippen molar-refractivity contribution in [1.29, 1.82) is 0 Å². The van der Waals surface area contributed by atoms with Crippen molar-refractivity contribution in [1.82, 2.24) is 4.57 Å². The van der Waals surface area contributed by atoms with E-state index in [0.29, 0.717) is 6.61 Å². The van der Waals surface area contributed by atoms with Crippen LogP contribution in [0.25, 0.3) is 16.3 Å². The second-order valence-corrected chi connectivity index (χ2v) is 7.39. The molecule has 4 nitrogen and oxygen atoms in total. The number of nitrogens with zero attached hydrogens (tertiary/aromatic N) is 2. The summed E-state index contributed by atoms with van der Waals surface area (Å²) in [5.41, 5.74) is 1.09. The zero-order chi connectivity index (χ0) is 17.6. The number of fused-ring (bicyclic) bond motifs is 1. The number of ether oxygens (including phenoxy) is 1. The fraction of sp³-hybridized carbons (Fsp3) is 0.263. The highest BCUT2D eigenvalue weighted by Gasteiger charge is 2.08. The first-order chi connectivity index (χ1) is 12.2. The van der Waals surface area contributed by atoms with Crippen LogP contribution in [0.4, 0.5) is 0 Å². The molecule has 0 N–H and O–H groups in total. The normalized spacial score (nSPS) is 12.3. The van der Waals surface area contributed by atoms with E-state index >= 15 is 0 Å². The maximum atomic E-state index is 12.2. The van der Waals surface area contributed by atoms with Crippen LogP contribution >= 0.6 is 22.7 Å². The molecule has 0 saturated heterocycles. The topological polar surface area (TPSA) is 43.6 Å². The lowest BCUT2D eigenvalue weighted by Crippen LogP contribution is -2.16. The number of thiazole rings is 1. The molecule has 0 fully saturated rings. The van der Waals surface area contributed by atoms with Gasteiger partial charge in [-0.1, -0.05) is 24.3 Å². The van der Waals surface area contributed by atoms with Gasteiger partial charge in [-0.05, 0) is 49.1 Å². The number of aryl methyl sites for hydroxylation is 1. The van der Waals surface area contributed by atoms with Crippen molar-refractivity contribution < 1.29 is 9.53 Å². The Labute approximate surface area is 154 Å². The Morgan fingerprint density at radius 3 is 2.92 bits per heavy atom. The Hall–Kier alpha value is -2.18. The first-order valence-electron chi connectivity index (χ1n) is 8.27. The molecule has 0 aliphatic heterocycles. The average molecular weight is 373 g/mol. The highest BCUT2D eigenvalue weighted by molar-refractivity contribution is 7.16. The molecule has 0 radical (unpaired) electrons. The second-order valence-electron chi connectivity index (χ2n) is 5.40. The van der Waals surface area contributed by atoms with Crippen molar-refractivity contribution in [2.75, 3.05) is 6.61 Å². The number of carbonyl (C=O) groups is 1. The third-order valence-electron chi connectivity index (χ3n) is 3.55. The van der Waals surface area contributed by atoms with Crippen molar-refractivity contribution in [3.8, 4) is 5.75 Å². The number of rotatable bonds is 6. The second kappa shape index (κ2) is 8.27. The van der Waals surface area contributed by atoms with Crippen molar-refractivity contribution >= 4 is 44.9 Å². The number of thiophene rings is 1. The summed E-state index contributed by atoms with van der Waals surface area (Å²) in [6.07, 6.45) is 4.31. The zero-order valence-corrected chi connectivity index (χ0v) is 15.9. The van der Waals surface area contributed by atoms with Crippen LogP contribution in [0.3, 0.4) is 0 Å². The molecule has 0 saturated carbocycles. The molecule has 3 aromatic rings. The van der Waals surface area contributed by atoms with Crippen LogP contribution in [0.1, 0.15) is 25.1 Å². The first-order valence-corrected chi connectivity index (χ1v) is 9.97. The third-order valence-corrected chi connectivity index (χ3v) is 5.43. The van der Waals surface area contributed by atoms with Gasteiger partial charge in [0.2, 0.25) is 0 Å². The van der Waals surface area contributed by atoms with Gasteiger partial charge < -0.3 is 9.30 Å². The van der Waals surface area contributed by atoms with Crippen LogP contribution in [0.2, 0.25) is 0 Å². The van der Waals surface area contributed by atoms with Crippen LogP contribution in [-0.2, 0) is 11.3 Å². The molecule has 0 unspecified atom stereocenters. The molecule has 2 heterocycles. The van der Waals surface area contributed by atoms with Crippen molar-refractivity contribution in [3.05, 3.63) is 51.5 Å². The van der Waals surface area contributed by atoms with Gasteiger partial charge in [0.1, 0.15) is 5.75 Å². The van der Waals surface area contributed by atoms with Crippen LogP contribution in [0, 0.1) is 0 Å². The summed E-state index contributed by atoms with van der Waals surface area (Å²) in [5.74, 6) is 0.602. The number of hydrogen-bond acceptors (Lipinski definition) is 4. The van der Waals surface area contributed by atoms with Gasteiger partial charge in [-0.3, -0.25) is 4.79 Å². The molecule has 130 valence electrons. The number of hydrogen-bond donors (Lipinski definition) is 0. The van der Waals surface area contributed by atoms with Crippen LogP contribution in [-0.4, -0.2) is 17.1 Å². The van der Waals surface area contributed by atoms with Crippen LogP contribution in [0.5, 0.6) is 5.75 Å². The SMILES string of the molecule is CCCn1c(=NC(=O)/C=C/c2cccs2)sc2cc(OCC)ccc21. The smallest absolute Gasteiger partial charge is 0.272 e. The largest absolute Gasteiger partial charge is 0.494 e. The minimum atomic E-state index is -0.241. The van der Waals surface area contributed by atoms with E-state index in [9.17, 15) is 4.79 Å². The number of amides is 1. The predicted octanol–water partition coefficient (Wildman–Crippen LogP) is 4.71. The number of carbonyl (C=O) groups excluding carboxylic acids is 1. The maximum absolute atomic E-state index is 12.2. The van der Waals surface area contributed by atoms with Gasteiger partial charge in [0, 0.05) is 17.5 Å². The molecule has 1 amide bonds. The van der Waals surface area contributed by atoms with E-state index in [1.165, 1.54) is 17.4 Å². The van der Waals surface area contributed by atoms with E-state index in [-0.39, 0.29) is 5.91 Å². The summed E-state index contributed by atoms with van der Waals surface area (Å²) in [4.78, 5) is 18.3. The number of aromatic nitrogens is 1. The summed E-state index contributed by atoms with van der Waals surface area (Å²) in [7, 11) is 0. The molecule has 25 heavy (non-hydrogen) atoms. The van der Waals surface area contributed by atoms with Crippen molar-refractivity contribution in [2.24, 2.45) is 4.99 Å². The molecule has 3 rings (SSSR count). The molecule has 6 heteroatoms. The van der Waals surface area contributed by atoms with Gasteiger partial charge in [0.05, 0.1) is 16.8 Å². The van der Waals surface area contributed by atoms with Gasteiger partial charge in [-0.2, -0.15) is 4.99 Å². The highest BCUT2D eigenvalue weighted by Crippen LogP contribution is 2.23. The van der Waals surface area contributed by atoms with Crippen LogP contribution < -0.4 is 9.54 Å². The van der Waals surface area contributed by atoms with Gasteiger partial charge in [-0.15, -0.1) is 11.3 Å². The summed E-state index contributed by atoms with van der Waals surface area (Å²) in [6, 6.07) is 9.95. The molecular weight excluding hydrogens is 352 g/mol. The molecule has 0 bridgehead atoms. The fourth-order valence-electron chi connectivity index (χ4n) is 2.51. The molecule has 1 aromatic carbocycles. The lowest BCUT2D eigenvalue weighted by Gasteiger charge is -2.04. The van der Waals surface area contributed by atoms with Crippen molar-refractivity contribution in [3.63, 3.8) is 0 Å². The summed E-state index contributed by atoms with van der Waals surface area (Å²) in [5, 5.41) is 1.98.